The van der Waals surface area contributed by atoms with Gasteiger partial charge in [-0.2, -0.15) is 0 Å². The molecule has 1 aromatic carbocycles. The van der Waals surface area contributed by atoms with Crippen molar-refractivity contribution in [1.29, 1.82) is 0 Å². The van der Waals surface area contributed by atoms with Crippen LogP contribution in [0.25, 0.3) is 0 Å². The third-order valence-corrected chi connectivity index (χ3v) is 5.62. The molecule has 2 heterocycles. The molecular weight excluding hydrogens is 340 g/mol. The van der Waals surface area contributed by atoms with Crippen LogP contribution in [0.3, 0.4) is 0 Å². The first-order valence-corrected chi connectivity index (χ1v) is 10.3. The summed E-state index contributed by atoms with van der Waals surface area (Å²) in [5.41, 5.74) is 3.22. The minimum Gasteiger partial charge on any atom is -0.486 e. The van der Waals surface area contributed by atoms with Crippen LogP contribution in [-0.4, -0.2) is 29.1 Å². The second-order valence-corrected chi connectivity index (χ2v) is 7.66. The third-order valence-electron chi connectivity index (χ3n) is 5.62. The summed E-state index contributed by atoms with van der Waals surface area (Å²) in [6.45, 7) is 1.92. The van der Waals surface area contributed by atoms with Crippen LogP contribution >= 0.6 is 0 Å². The van der Waals surface area contributed by atoms with Crippen LogP contribution in [0.15, 0.2) is 28.8 Å². The van der Waals surface area contributed by atoms with Crippen LogP contribution < -0.4 is 4.74 Å². The number of carbonyl (C=O) groups is 1. The van der Waals surface area contributed by atoms with E-state index >= 15 is 0 Å². The summed E-state index contributed by atoms with van der Waals surface area (Å²) in [4.78, 5) is 14.6. The Kier molecular flexibility index (Phi) is 5.75. The van der Waals surface area contributed by atoms with Crippen molar-refractivity contribution in [3.05, 3.63) is 46.8 Å². The lowest BCUT2D eigenvalue weighted by molar-refractivity contribution is 0.0731. The molecule has 4 rings (SSSR count). The highest BCUT2D eigenvalue weighted by Gasteiger charge is 2.20. The number of likely N-dealkylation sites (tertiary alicyclic amines) is 1. The SMILES string of the molecule is O=C(c1cc(COc2ccc3c(c2)CCCC3)on1)N1CCCCCCC1. The Labute approximate surface area is 160 Å². The Morgan fingerprint density at radius 2 is 1.70 bits per heavy atom. The predicted molar refractivity (Wildman–Crippen MR) is 103 cm³/mol. The van der Waals surface area contributed by atoms with Gasteiger partial charge in [-0.05, 0) is 61.8 Å². The van der Waals surface area contributed by atoms with Crippen molar-refractivity contribution in [3.8, 4) is 5.75 Å². The van der Waals surface area contributed by atoms with E-state index in [2.05, 4.69) is 17.3 Å². The van der Waals surface area contributed by atoms with E-state index in [0.29, 0.717) is 18.1 Å². The summed E-state index contributed by atoms with van der Waals surface area (Å²) < 4.78 is 11.2. The first-order chi connectivity index (χ1) is 13.3. The molecule has 1 amide bonds. The van der Waals surface area contributed by atoms with Crippen molar-refractivity contribution in [2.75, 3.05) is 13.1 Å². The molecule has 2 aromatic rings. The fraction of sp³-hybridized carbons (Fsp3) is 0.545. The van der Waals surface area contributed by atoms with Crippen molar-refractivity contribution in [3.63, 3.8) is 0 Å². The Bertz CT molecular complexity index is 776. The Morgan fingerprint density at radius 3 is 2.52 bits per heavy atom. The maximum atomic E-state index is 12.7. The molecule has 1 aliphatic heterocycles. The Morgan fingerprint density at radius 1 is 0.963 bits per heavy atom. The lowest BCUT2D eigenvalue weighted by Gasteiger charge is -2.23. The highest BCUT2D eigenvalue weighted by atomic mass is 16.5. The lowest BCUT2D eigenvalue weighted by atomic mass is 9.92. The maximum Gasteiger partial charge on any atom is 0.276 e. The van der Waals surface area contributed by atoms with E-state index in [1.54, 1.807) is 6.07 Å². The molecule has 1 saturated heterocycles. The number of hydrogen-bond donors (Lipinski definition) is 0. The molecule has 144 valence electrons. The molecule has 0 radical (unpaired) electrons. The number of aryl methyl sites for hydroxylation is 2. The van der Waals surface area contributed by atoms with E-state index in [1.807, 2.05) is 11.0 Å². The van der Waals surface area contributed by atoms with Crippen molar-refractivity contribution in [1.82, 2.24) is 10.1 Å². The first kappa shape index (κ1) is 18.1. The fourth-order valence-corrected chi connectivity index (χ4v) is 4.05. The second-order valence-electron chi connectivity index (χ2n) is 7.66. The van der Waals surface area contributed by atoms with E-state index in [1.165, 1.54) is 49.7 Å². The van der Waals surface area contributed by atoms with E-state index in [9.17, 15) is 4.79 Å². The molecule has 0 spiro atoms. The number of amides is 1. The van der Waals surface area contributed by atoms with Crippen molar-refractivity contribution >= 4 is 5.91 Å². The van der Waals surface area contributed by atoms with Crippen LogP contribution in [0.4, 0.5) is 0 Å². The third kappa shape index (κ3) is 4.52. The molecule has 0 unspecified atom stereocenters. The predicted octanol–water partition coefficient (Wildman–Crippen LogP) is 4.54. The molecule has 1 aromatic heterocycles. The molecule has 0 N–H and O–H groups in total. The second kappa shape index (κ2) is 8.59. The van der Waals surface area contributed by atoms with Crippen molar-refractivity contribution < 1.29 is 14.1 Å². The average molecular weight is 368 g/mol. The highest BCUT2D eigenvalue weighted by Crippen LogP contribution is 2.26. The summed E-state index contributed by atoms with van der Waals surface area (Å²) in [7, 11) is 0. The van der Waals surface area contributed by atoms with Crippen LogP contribution in [-0.2, 0) is 19.4 Å². The van der Waals surface area contributed by atoms with E-state index in [4.69, 9.17) is 9.26 Å². The van der Waals surface area contributed by atoms with Crippen LogP contribution in [0, 0.1) is 0 Å². The van der Waals surface area contributed by atoms with Crippen molar-refractivity contribution in [2.24, 2.45) is 0 Å². The fourth-order valence-electron chi connectivity index (χ4n) is 4.05. The number of benzene rings is 1. The van der Waals surface area contributed by atoms with E-state index in [0.717, 1.165) is 38.1 Å². The van der Waals surface area contributed by atoms with Crippen molar-refractivity contribution in [2.45, 2.75) is 64.4 Å². The summed E-state index contributed by atoms with van der Waals surface area (Å²) in [5.74, 6) is 1.41. The molecule has 1 aliphatic carbocycles. The molecule has 0 saturated carbocycles. The maximum absolute atomic E-state index is 12.7. The molecule has 5 nitrogen and oxygen atoms in total. The lowest BCUT2D eigenvalue weighted by Crippen LogP contribution is -2.34. The first-order valence-electron chi connectivity index (χ1n) is 10.3. The normalized spacial score (nSPS) is 17.7. The largest absolute Gasteiger partial charge is 0.486 e. The van der Waals surface area contributed by atoms with Crippen LogP contribution in [0.1, 0.15) is 72.3 Å². The standard InChI is InChI=1S/C22H28N2O3/c25-22(24-12-6-2-1-3-7-13-24)21-15-20(27-23-21)16-26-19-11-10-17-8-4-5-9-18(17)14-19/h10-11,14-15H,1-9,12-13,16H2. The molecule has 2 aliphatic rings. The number of ether oxygens (including phenoxy) is 1. The van der Waals surface area contributed by atoms with Gasteiger partial charge >= 0.3 is 0 Å². The number of fused-ring (bicyclic) bond motifs is 1. The number of aromatic nitrogens is 1. The number of hydrogen-bond acceptors (Lipinski definition) is 4. The van der Waals surface area contributed by atoms with Gasteiger partial charge in [0, 0.05) is 19.2 Å². The van der Waals surface area contributed by atoms with Gasteiger partial charge in [-0.1, -0.05) is 30.5 Å². The number of rotatable bonds is 4. The number of carbonyl (C=O) groups excluding carboxylic acids is 1. The van der Waals surface area contributed by atoms with Gasteiger partial charge in [0.15, 0.2) is 11.5 Å². The van der Waals surface area contributed by atoms with Gasteiger partial charge in [-0.3, -0.25) is 4.79 Å². The minimum absolute atomic E-state index is 0.0271. The molecular formula is C22H28N2O3. The summed E-state index contributed by atoms with van der Waals surface area (Å²) in [6.07, 6.45) is 10.6. The van der Waals surface area contributed by atoms with Crippen LogP contribution in [0.5, 0.6) is 5.75 Å². The number of nitrogens with zero attached hydrogens (tertiary/aromatic N) is 2. The zero-order chi connectivity index (χ0) is 18.5. The molecule has 0 atom stereocenters. The summed E-state index contributed by atoms with van der Waals surface area (Å²) in [6, 6.07) is 8.05. The highest BCUT2D eigenvalue weighted by molar-refractivity contribution is 5.92. The zero-order valence-corrected chi connectivity index (χ0v) is 15.9. The van der Waals surface area contributed by atoms with Gasteiger partial charge in [0.05, 0.1) is 0 Å². The van der Waals surface area contributed by atoms with Gasteiger partial charge in [0.2, 0.25) is 0 Å². The molecule has 5 heteroatoms. The van der Waals surface area contributed by atoms with Gasteiger partial charge in [0.25, 0.3) is 5.91 Å². The summed E-state index contributed by atoms with van der Waals surface area (Å²) in [5, 5.41) is 3.98. The molecule has 1 fully saturated rings. The summed E-state index contributed by atoms with van der Waals surface area (Å²) >= 11 is 0. The molecule has 27 heavy (non-hydrogen) atoms. The minimum atomic E-state index is -0.0271. The average Bonchev–Trinajstić information content (AvgIpc) is 3.14. The van der Waals surface area contributed by atoms with Crippen LogP contribution in [0.2, 0.25) is 0 Å². The van der Waals surface area contributed by atoms with Gasteiger partial charge < -0.3 is 14.2 Å². The molecule has 0 bridgehead atoms. The van der Waals surface area contributed by atoms with Gasteiger partial charge in [0.1, 0.15) is 12.4 Å². The van der Waals surface area contributed by atoms with E-state index < -0.39 is 0 Å². The Hall–Kier alpha value is -2.30. The van der Waals surface area contributed by atoms with E-state index in [-0.39, 0.29) is 5.91 Å². The monoisotopic (exact) mass is 368 g/mol. The van der Waals surface area contributed by atoms with Gasteiger partial charge in [-0.25, -0.2) is 0 Å². The quantitative estimate of drug-likeness (QED) is 0.795. The smallest absolute Gasteiger partial charge is 0.276 e. The Balaban J connectivity index is 1.35. The van der Waals surface area contributed by atoms with Gasteiger partial charge in [-0.15, -0.1) is 0 Å². The topological polar surface area (TPSA) is 55.6 Å². The zero-order valence-electron chi connectivity index (χ0n) is 15.9.